The maximum atomic E-state index is 14.1. The van der Waals surface area contributed by atoms with Gasteiger partial charge in [0.05, 0.1) is 18.2 Å². The van der Waals surface area contributed by atoms with Crippen LogP contribution < -0.4 is 9.80 Å². The summed E-state index contributed by atoms with van der Waals surface area (Å²) in [5.41, 5.74) is 3.58. The second-order valence-electron chi connectivity index (χ2n) is 11.4. The molecular weight excluding hydrogens is 516 g/mol. The van der Waals surface area contributed by atoms with E-state index < -0.39 is 11.5 Å². The minimum Gasteiger partial charge on any atom is -0.478 e. The number of carboxylic acid groups (broad SMARTS) is 1. The number of carbonyl (C=O) groups excluding carboxylic acids is 2. The average Bonchev–Trinajstić information content (AvgIpc) is 3.40. The Bertz CT molecular complexity index is 1450. The van der Waals surface area contributed by atoms with Gasteiger partial charge in [-0.1, -0.05) is 48.5 Å². The zero-order valence-corrected chi connectivity index (χ0v) is 23.4. The number of hydrogen-bond donors (Lipinski definition) is 1. The van der Waals surface area contributed by atoms with Crippen LogP contribution >= 0.6 is 0 Å². The Hall–Kier alpha value is -4.17. The average molecular weight is 553 g/mol. The van der Waals surface area contributed by atoms with E-state index in [1.807, 2.05) is 65.3 Å². The fraction of sp³-hybridized carbons (Fsp3) is 0.364. The Morgan fingerprint density at radius 1 is 0.927 bits per heavy atom. The lowest BCUT2D eigenvalue weighted by Crippen LogP contribution is -2.56. The van der Waals surface area contributed by atoms with Crippen molar-refractivity contribution in [3.8, 4) is 0 Å². The minimum atomic E-state index is -0.970. The Labute approximate surface area is 240 Å². The number of benzene rings is 3. The third-order valence-corrected chi connectivity index (χ3v) is 9.00. The topological polar surface area (TPSA) is 84.4 Å². The minimum absolute atomic E-state index is 0.0899. The third kappa shape index (κ3) is 4.97. The van der Waals surface area contributed by atoms with Crippen LogP contribution in [0.15, 0.2) is 78.9 Å². The van der Waals surface area contributed by atoms with Crippen LogP contribution in [0.5, 0.6) is 0 Å². The molecule has 1 atom stereocenters. The molecule has 41 heavy (non-hydrogen) atoms. The highest BCUT2D eigenvalue weighted by Crippen LogP contribution is 2.40. The molecule has 0 radical (unpaired) electrons. The third-order valence-electron chi connectivity index (χ3n) is 9.00. The van der Waals surface area contributed by atoms with Crippen molar-refractivity contribution in [2.24, 2.45) is 0 Å². The lowest BCUT2D eigenvalue weighted by Gasteiger charge is -2.43. The summed E-state index contributed by atoms with van der Waals surface area (Å²) in [7, 11) is 0. The number of para-hydroxylation sites is 2. The summed E-state index contributed by atoms with van der Waals surface area (Å²) in [6.45, 7) is 6.00. The molecule has 1 spiro atoms. The lowest BCUT2D eigenvalue weighted by atomic mass is 9.85. The van der Waals surface area contributed by atoms with Gasteiger partial charge in [0.25, 0.3) is 0 Å². The Morgan fingerprint density at radius 2 is 1.66 bits per heavy atom. The first-order valence-corrected chi connectivity index (χ1v) is 14.4. The highest BCUT2D eigenvalue weighted by molar-refractivity contribution is 6.04. The highest BCUT2D eigenvalue weighted by atomic mass is 16.4. The summed E-state index contributed by atoms with van der Waals surface area (Å²) in [5, 5.41) is 9.41. The molecule has 3 aliphatic heterocycles. The first kappa shape index (κ1) is 27.0. The molecule has 0 saturated carbocycles. The summed E-state index contributed by atoms with van der Waals surface area (Å²) in [6, 6.07) is 25.0. The van der Waals surface area contributed by atoms with E-state index in [0.717, 1.165) is 61.4 Å². The number of hydrogen-bond acceptors (Lipinski definition) is 5. The van der Waals surface area contributed by atoms with Crippen LogP contribution in [0.3, 0.4) is 0 Å². The molecule has 3 aromatic rings. The summed E-state index contributed by atoms with van der Waals surface area (Å²) >= 11 is 0. The van der Waals surface area contributed by atoms with Crippen molar-refractivity contribution in [1.29, 1.82) is 0 Å². The molecule has 3 heterocycles. The molecule has 1 N–H and O–H groups in total. The summed E-state index contributed by atoms with van der Waals surface area (Å²) in [4.78, 5) is 46.9. The fourth-order valence-electron chi connectivity index (χ4n) is 6.76. The van der Waals surface area contributed by atoms with Gasteiger partial charge in [0.1, 0.15) is 5.54 Å². The van der Waals surface area contributed by atoms with Crippen LogP contribution in [0, 0.1) is 0 Å². The van der Waals surface area contributed by atoms with Gasteiger partial charge >= 0.3 is 5.97 Å². The van der Waals surface area contributed by atoms with Crippen molar-refractivity contribution in [3.05, 3.63) is 95.6 Å². The van der Waals surface area contributed by atoms with Gasteiger partial charge in [0.2, 0.25) is 11.8 Å². The van der Waals surface area contributed by atoms with E-state index in [-0.39, 0.29) is 23.3 Å². The van der Waals surface area contributed by atoms with Crippen LogP contribution in [-0.2, 0) is 16.1 Å². The zero-order chi connectivity index (χ0) is 28.6. The normalized spacial score (nSPS) is 20.2. The predicted octanol–water partition coefficient (Wildman–Crippen LogP) is 4.57. The van der Waals surface area contributed by atoms with Gasteiger partial charge in [-0.25, -0.2) is 4.79 Å². The lowest BCUT2D eigenvalue weighted by molar-refractivity contribution is -0.134. The molecule has 0 aliphatic carbocycles. The summed E-state index contributed by atoms with van der Waals surface area (Å²) < 4.78 is 0. The number of aromatic carboxylic acids is 1. The molecule has 8 heteroatoms. The van der Waals surface area contributed by atoms with E-state index in [1.165, 1.54) is 0 Å². The van der Waals surface area contributed by atoms with Crippen molar-refractivity contribution in [2.75, 3.05) is 42.6 Å². The van der Waals surface area contributed by atoms with E-state index in [4.69, 9.17) is 0 Å². The second-order valence-corrected chi connectivity index (χ2v) is 11.4. The number of likely N-dealkylation sites (tertiary alicyclic amines) is 1. The Balaban J connectivity index is 1.13. The number of nitrogens with zero attached hydrogens (tertiary/aromatic N) is 4. The van der Waals surface area contributed by atoms with Crippen LogP contribution in [0.25, 0.3) is 0 Å². The highest BCUT2D eigenvalue weighted by Gasteiger charge is 2.53. The number of carboxylic acids is 1. The number of carbonyl (C=O) groups is 3. The standard InChI is InChI=1S/C33H36N4O4/c1-24-28-13-5-6-14-29(28)36(30(24)38)18-8-17-34-19-15-33(16-20-34)32(41)35(23-37(33)27-11-3-2-4-12-27)22-25-9-7-10-26(21-25)31(39)40/h2-7,9-14,21,24H,8,15-20,22-23H2,1H3,(H,39,40). The molecule has 3 aliphatic rings. The molecule has 0 bridgehead atoms. The van der Waals surface area contributed by atoms with Crippen LogP contribution in [0.4, 0.5) is 11.4 Å². The number of fused-ring (bicyclic) bond motifs is 1. The van der Waals surface area contributed by atoms with Crippen molar-refractivity contribution < 1.29 is 19.5 Å². The molecule has 2 fully saturated rings. The molecule has 3 aromatic carbocycles. The quantitative estimate of drug-likeness (QED) is 0.441. The number of piperidine rings is 1. The molecule has 2 amide bonds. The van der Waals surface area contributed by atoms with E-state index in [9.17, 15) is 19.5 Å². The molecule has 1 unspecified atom stereocenters. The van der Waals surface area contributed by atoms with Crippen molar-refractivity contribution in [1.82, 2.24) is 9.80 Å². The van der Waals surface area contributed by atoms with Crippen LogP contribution in [0.2, 0.25) is 0 Å². The van der Waals surface area contributed by atoms with Gasteiger partial charge in [-0.3, -0.25) is 9.59 Å². The van der Waals surface area contributed by atoms with Crippen LogP contribution in [0.1, 0.15) is 53.6 Å². The molecule has 2 saturated heterocycles. The van der Waals surface area contributed by atoms with Crippen molar-refractivity contribution >= 4 is 29.2 Å². The predicted molar refractivity (Wildman–Crippen MR) is 158 cm³/mol. The fourth-order valence-corrected chi connectivity index (χ4v) is 6.76. The molecule has 6 rings (SSSR count). The van der Waals surface area contributed by atoms with Gasteiger partial charge in [-0.2, -0.15) is 0 Å². The maximum Gasteiger partial charge on any atom is 0.335 e. The number of rotatable bonds is 8. The largest absolute Gasteiger partial charge is 0.478 e. The van der Waals surface area contributed by atoms with Gasteiger partial charge in [0, 0.05) is 37.6 Å². The monoisotopic (exact) mass is 552 g/mol. The molecular formula is C33H36N4O4. The second kappa shape index (κ2) is 11.0. The molecule has 8 nitrogen and oxygen atoms in total. The SMILES string of the molecule is CC1C(=O)N(CCCN2CCC3(CC2)C(=O)N(Cc2cccc(C(=O)O)c2)CN3c2ccccc2)c2ccccc21. The van der Waals surface area contributed by atoms with Gasteiger partial charge in [-0.15, -0.1) is 0 Å². The van der Waals surface area contributed by atoms with Crippen molar-refractivity contribution in [3.63, 3.8) is 0 Å². The smallest absolute Gasteiger partial charge is 0.335 e. The molecule has 212 valence electrons. The zero-order valence-electron chi connectivity index (χ0n) is 23.4. The summed E-state index contributed by atoms with van der Waals surface area (Å²) in [5.74, 6) is -0.780. The Morgan fingerprint density at radius 3 is 2.41 bits per heavy atom. The van der Waals surface area contributed by atoms with E-state index >= 15 is 0 Å². The van der Waals surface area contributed by atoms with E-state index in [0.29, 0.717) is 19.8 Å². The van der Waals surface area contributed by atoms with Gasteiger partial charge in [-0.05, 0) is 74.2 Å². The van der Waals surface area contributed by atoms with Gasteiger partial charge < -0.3 is 24.7 Å². The Kier molecular flexibility index (Phi) is 7.26. The van der Waals surface area contributed by atoms with E-state index in [1.54, 1.807) is 18.2 Å². The van der Waals surface area contributed by atoms with E-state index in [2.05, 4.69) is 21.9 Å². The number of amides is 2. The maximum absolute atomic E-state index is 14.1. The first-order valence-electron chi connectivity index (χ1n) is 14.4. The first-order chi connectivity index (χ1) is 19.9. The summed E-state index contributed by atoms with van der Waals surface area (Å²) in [6.07, 6.45) is 2.31. The van der Waals surface area contributed by atoms with Gasteiger partial charge in [0.15, 0.2) is 0 Å². The number of anilines is 2. The molecule has 0 aromatic heterocycles. The van der Waals surface area contributed by atoms with Crippen LogP contribution in [-0.4, -0.2) is 71.1 Å². The van der Waals surface area contributed by atoms with Crippen molar-refractivity contribution in [2.45, 2.75) is 44.2 Å².